The van der Waals surface area contributed by atoms with Gasteiger partial charge in [0.2, 0.25) is 11.8 Å². The SMILES string of the molecule is CCCC/C(=C\c1nnc(-c2ccc(CN3CC(C(=O)O)C3)cc2)o1)c1ccccc1. The van der Waals surface area contributed by atoms with Crippen molar-refractivity contribution in [1.82, 2.24) is 15.1 Å². The Morgan fingerprint density at radius 3 is 2.55 bits per heavy atom. The zero-order valence-electron chi connectivity index (χ0n) is 17.7. The first-order chi connectivity index (χ1) is 15.1. The lowest BCUT2D eigenvalue weighted by Gasteiger charge is -2.36. The number of nitrogens with zero attached hydrogens (tertiary/aromatic N) is 3. The smallest absolute Gasteiger partial charge is 0.309 e. The maximum atomic E-state index is 10.9. The molecular weight excluding hydrogens is 390 g/mol. The summed E-state index contributed by atoms with van der Waals surface area (Å²) < 4.78 is 5.92. The van der Waals surface area contributed by atoms with Crippen molar-refractivity contribution in [2.75, 3.05) is 13.1 Å². The highest BCUT2D eigenvalue weighted by Gasteiger charge is 2.32. The second-order valence-electron chi connectivity index (χ2n) is 8.01. The molecule has 0 aliphatic carbocycles. The summed E-state index contributed by atoms with van der Waals surface area (Å²) in [6.07, 6.45) is 5.18. The van der Waals surface area contributed by atoms with E-state index in [1.807, 2.05) is 48.5 Å². The number of carboxylic acid groups (broad SMARTS) is 1. The molecule has 31 heavy (non-hydrogen) atoms. The highest BCUT2D eigenvalue weighted by molar-refractivity contribution is 5.79. The van der Waals surface area contributed by atoms with E-state index in [9.17, 15) is 4.79 Å². The number of likely N-dealkylation sites (tertiary alicyclic amines) is 1. The van der Waals surface area contributed by atoms with E-state index >= 15 is 0 Å². The van der Waals surface area contributed by atoms with Crippen LogP contribution in [0.4, 0.5) is 0 Å². The van der Waals surface area contributed by atoms with E-state index in [2.05, 4.69) is 34.2 Å². The maximum absolute atomic E-state index is 10.9. The van der Waals surface area contributed by atoms with Crippen molar-refractivity contribution in [1.29, 1.82) is 0 Å². The van der Waals surface area contributed by atoms with Crippen LogP contribution in [-0.4, -0.2) is 39.3 Å². The average Bonchev–Trinajstić information content (AvgIpc) is 3.23. The Labute approximate surface area is 182 Å². The van der Waals surface area contributed by atoms with E-state index in [-0.39, 0.29) is 5.92 Å². The molecule has 1 fully saturated rings. The van der Waals surface area contributed by atoms with Gasteiger partial charge in [0.05, 0.1) is 5.92 Å². The Morgan fingerprint density at radius 1 is 1.13 bits per heavy atom. The Kier molecular flexibility index (Phi) is 6.57. The normalized spacial score (nSPS) is 15.1. The highest BCUT2D eigenvalue weighted by atomic mass is 16.4. The first kappa shape index (κ1) is 21.0. The van der Waals surface area contributed by atoms with Crippen molar-refractivity contribution in [2.45, 2.75) is 32.7 Å². The number of carbonyl (C=O) groups is 1. The van der Waals surface area contributed by atoms with Gasteiger partial charge in [0.1, 0.15) is 0 Å². The molecule has 0 radical (unpaired) electrons. The minimum Gasteiger partial charge on any atom is -0.481 e. The summed E-state index contributed by atoms with van der Waals surface area (Å²) in [7, 11) is 0. The molecule has 160 valence electrons. The van der Waals surface area contributed by atoms with Gasteiger partial charge >= 0.3 is 5.97 Å². The highest BCUT2D eigenvalue weighted by Crippen LogP contribution is 2.26. The number of hydrogen-bond acceptors (Lipinski definition) is 5. The molecule has 0 atom stereocenters. The van der Waals surface area contributed by atoms with Crippen LogP contribution in [0.15, 0.2) is 59.0 Å². The predicted octanol–water partition coefficient (Wildman–Crippen LogP) is 4.98. The van der Waals surface area contributed by atoms with E-state index in [4.69, 9.17) is 9.52 Å². The fourth-order valence-electron chi connectivity index (χ4n) is 3.74. The summed E-state index contributed by atoms with van der Waals surface area (Å²) in [4.78, 5) is 13.1. The first-order valence-electron chi connectivity index (χ1n) is 10.8. The zero-order valence-corrected chi connectivity index (χ0v) is 17.7. The van der Waals surface area contributed by atoms with Gasteiger partial charge in [0.15, 0.2) is 0 Å². The molecule has 3 aromatic rings. The number of carboxylic acids is 1. The lowest BCUT2D eigenvalue weighted by molar-refractivity contribution is -0.147. The molecule has 0 spiro atoms. The Morgan fingerprint density at radius 2 is 1.87 bits per heavy atom. The fraction of sp³-hybridized carbons (Fsp3) is 0.320. The van der Waals surface area contributed by atoms with Gasteiger partial charge in [-0.1, -0.05) is 55.8 Å². The predicted molar refractivity (Wildman–Crippen MR) is 120 cm³/mol. The van der Waals surface area contributed by atoms with Crippen LogP contribution in [0.5, 0.6) is 0 Å². The van der Waals surface area contributed by atoms with Crippen LogP contribution >= 0.6 is 0 Å². The number of aromatic nitrogens is 2. The van der Waals surface area contributed by atoms with Crippen LogP contribution in [0.25, 0.3) is 23.1 Å². The van der Waals surface area contributed by atoms with Gasteiger partial charge in [-0.3, -0.25) is 9.69 Å². The van der Waals surface area contributed by atoms with Crippen molar-refractivity contribution >= 4 is 17.6 Å². The second-order valence-corrected chi connectivity index (χ2v) is 8.01. The van der Waals surface area contributed by atoms with Crippen molar-refractivity contribution in [2.24, 2.45) is 5.92 Å². The Hall–Kier alpha value is -3.25. The molecule has 0 bridgehead atoms. The molecule has 0 saturated carbocycles. The minimum atomic E-state index is -0.710. The van der Waals surface area contributed by atoms with Crippen LogP contribution in [0, 0.1) is 5.92 Å². The maximum Gasteiger partial charge on any atom is 0.309 e. The van der Waals surface area contributed by atoms with Gasteiger partial charge in [-0.2, -0.15) is 0 Å². The zero-order chi connectivity index (χ0) is 21.6. The van der Waals surface area contributed by atoms with Gasteiger partial charge < -0.3 is 9.52 Å². The van der Waals surface area contributed by atoms with Crippen molar-refractivity contribution in [3.8, 4) is 11.5 Å². The van der Waals surface area contributed by atoms with Crippen LogP contribution in [0.1, 0.15) is 43.2 Å². The lowest BCUT2D eigenvalue weighted by Crippen LogP contribution is -2.49. The number of aliphatic carboxylic acids is 1. The molecule has 6 heteroatoms. The number of rotatable bonds is 9. The van der Waals surface area contributed by atoms with Crippen LogP contribution in [0.2, 0.25) is 0 Å². The third-order valence-corrected chi connectivity index (χ3v) is 5.60. The number of unbranched alkanes of at least 4 members (excludes halogenated alkanes) is 1. The average molecular weight is 418 g/mol. The molecule has 0 amide bonds. The molecule has 1 saturated heterocycles. The molecule has 1 aliphatic rings. The third kappa shape index (κ3) is 5.27. The van der Waals surface area contributed by atoms with Gasteiger partial charge in [-0.05, 0) is 41.7 Å². The first-order valence-corrected chi connectivity index (χ1v) is 10.8. The molecule has 6 nitrogen and oxygen atoms in total. The molecule has 0 unspecified atom stereocenters. The van der Waals surface area contributed by atoms with Crippen molar-refractivity contribution < 1.29 is 14.3 Å². The standard InChI is InChI=1S/C25H27N3O3/c1-2-3-7-21(19-8-5-4-6-9-19)14-23-26-27-24(31-23)20-12-10-18(11-13-20)15-28-16-22(17-28)25(29)30/h4-6,8-14,22H,2-3,7,15-17H2,1H3,(H,29,30)/b21-14+. The minimum absolute atomic E-state index is 0.234. The summed E-state index contributed by atoms with van der Waals surface area (Å²) in [5.41, 5.74) is 4.38. The molecule has 2 heterocycles. The lowest BCUT2D eigenvalue weighted by atomic mass is 9.99. The quantitative estimate of drug-likeness (QED) is 0.529. The largest absolute Gasteiger partial charge is 0.481 e. The number of hydrogen-bond donors (Lipinski definition) is 1. The van der Waals surface area contributed by atoms with E-state index in [0.29, 0.717) is 24.9 Å². The topological polar surface area (TPSA) is 79.5 Å². The third-order valence-electron chi connectivity index (χ3n) is 5.60. The van der Waals surface area contributed by atoms with Gasteiger partial charge in [-0.15, -0.1) is 10.2 Å². The van der Waals surface area contributed by atoms with E-state index in [1.54, 1.807) is 0 Å². The second kappa shape index (κ2) is 9.71. The van der Waals surface area contributed by atoms with E-state index in [0.717, 1.165) is 36.9 Å². The molecule has 2 aromatic carbocycles. The van der Waals surface area contributed by atoms with Gasteiger partial charge in [0.25, 0.3) is 0 Å². The summed E-state index contributed by atoms with van der Waals surface area (Å²) >= 11 is 0. The van der Waals surface area contributed by atoms with E-state index in [1.165, 1.54) is 11.1 Å². The van der Waals surface area contributed by atoms with Crippen molar-refractivity contribution in [3.63, 3.8) is 0 Å². The number of allylic oxidation sites excluding steroid dienone is 1. The summed E-state index contributed by atoms with van der Waals surface area (Å²) in [6, 6.07) is 18.3. The van der Waals surface area contributed by atoms with E-state index < -0.39 is 5.97 Å². The molecule has 1 N–H and O–H groups in total. The van der Waals surface area contributed by atoms with Gasteiger partial charge in [0, 0.05) is 31.3 Å². The molecule has 1 aromatic heterocycles. The monoisotopic (exact) mass is 417 g/mol. The summed E-state index contributed by atoms with van der Waals surface area (Å²) in [6.45, 7) is 4.15. The van der Waals surface area contributed by atoms with Crippen LogP contribution in [0.3, 0.4) is 0 Å². The summed E-state index contributed by atoms with van der Waals surface area (Å²) in [5, 5.41) is 17.4. The molecule has 4 rings (SSSR count). The Balaban J connectivity index is 1.44. The van der Waals surface area contributed by atoms with Crippen LogP contribution < -0.4 is 0 Å². The Bertz CT molecular complexity index is 1040. The molecular formula is C25H27N3O3. The fourth-order valence-corrected chi connectivity index (χ4v) is 3.74. The summed E-state index contributed by atoms with van der Waals surface area (Å²) in [5.74, 6) is 0.0603. The van der Waals surface area contributed by atoms with Gasteiger partial charge in [-0.25, -0.2) is 0 Å². The van der Waals surface area contributed by atoms with Crippen molar-refractivity contribution in [3.05, 3.63) is 71.6 Å². The molecule has 1 aliphatic heterocycles. The van der Waals surface area contributed by atoms with Crippen LogP contribution in [-0.2, 0) is 11.3 Å². The number of benzene rings is 2.